The summed E-state index contributed by atoms with van der Waals surface area (Å²) in [5, 5.41) is 16.0. The summed E-state index contributed by atoms with van der Waals surface area (Å²) in [6.45, 7) is 3.85. The van der Waals surface area contributed by atoms with Gasteiger partial charge in [0.25, 0.3) is 6.43 Å². The summed E-state index contributed by atoms with van der Waals surface area (Å²) in [5.74, 6) is 0.339. The second-order valence-corrected chi connectivity index (χ2v) is 5.88. The topological polar surface area (TPSA) is 85.0 Å². The number of allylic oxidation sites excluding steroid dienone is 2. The lowest BCUT2D eigenvalue weighted by molar-refractivity contribution is 0.151. The van der Waals surface area contributed by atoms with Gasteiger partial charge in [0.15, 0.2) is 0 Å². The van der Waals surface area contributed by atoms with Crippen molar-refractivity contribution in [3.63, 3.8) is 0 Å². The second-order valence-electron chi connectivity index (χ2n) is 5.88. The predicted molar refractivity (Wildman–Crippen MR) is 108 cm³/mol. The first-order valence-electron chi connectivity index (χ1n) is 8.79. The number of hydrogen-bond donors (Lipinski definition) is 0. The molecule has 2 aromatic heterocycles. The maximum atomic E-state index is 12.7. The molecule has 0 N–H and O–H groups in total. The highest BCUT2D eigenvalue weighted by atomic mass is 19.3. The summed E-state index contributed by atoms with van der Waals surface area (Å²) in [7, 11) is 3.20. The number of aromatic nitrogens is 3. The third kappa shape index (κ3) is 6.06. The van der Waals surface area contributed by atoms with E-state index in [-0.39, 0.29) is 12.2 Å². The van der Waals surface area contributed by atoms with Gasteiger partial charge in [-0.15, -0.1) is 10.2 Å². The van der Waals surface area contributed by atoms with Gasteiger partial charge in [-0.2, -0.15) is 10.2 Å². The molecule has 0 saturated heterocycles. The number of nitrogens with zero attached hydrogens (tertiary/aromatic N) is 6. The average Bonchev–Trinajstić information content (AvgIpc) is 2.74. The van der Waals surface area contributed by atoms with Crippen LogP contribution in [0.15, 0.2) is 57.3 Å². The molecule has 0 radical (unpaired) electrons. The van der Waals surface area contributed by atoms with Crippen LogP contribution in [0.25, 0.3) is 11.3 Å². The van der Waals surface area contributed by atoms with Crippen molar-refractivity contribution < 1.29 is 13.5 Å². The predicted octanol–water partition coefficient (Wildman–Crippen LogP) is 4.81. The van der Waals surface area contributed by atoms with Crippen LogP contribution in [0, 0.1) is 0 Å². The Morgan fingerprint density at radius 2 is 1.90 bits per heavy atom. The van der Waals surface area contributed by atoms with Crippen molar-refractivity contribution in [1.82, 2.24) is 15.2 Å². The lowest BCUT2D eigenvalue weighted by Gasteiger charge is -2.09. The van der Waals surface area contributed by atoms with E-state index in [1.165, 1.54) is 19.2 Å². The molecule has 0 amide bonds. The Bertz CT molecular complexity index is 919. The van der Waals surface area contributed by atoms with Crippen LogP contribution in [0.2, 0.25) is 0 Å². The summed E-state index contributed by atoms with van der Waals surface area (Å²) in [6, 6.07) is 6.29. The molecule has 9 heteroatoms. The number of halogens is 2. The van der Waals surface area contributed by atoms with Gasteiger partial charge in [-0.25, -0.2) is 8.78 Å². The van der Waals surface area contributed by atoms with Crippen LogP contribution < -0.4 is 4.74 Å². The number of aliphatic imine (C=N–C) groups is 1. The van der Waals surface area contributed by atoms with Gasteiger partial charge >= 0.3 is 0 Å². The number of azo groups is 1. The van der Waals surface area contributed by atoms with Crippen molar-refractivity contribution in [3.05, 3.63) is 59.1 Å². The van der Waals surface area contributed by atoms with E-state index in [2.05, 4.69) is 30.4 Å². The SMILES string of the molecule is C/C=C(\C=N/C)c1ccc(OC/C(C)=C(/N=N\C)c2ccc(C(F)F)cn2)nn1. The van der Waals surface area contributed by atoms with Gasteiger partial charge in [0, 0.05) is 43.7 Å². The van der Waals surface area contributed by atoms with Crippen LogP contribution in [0.5, 0.6) is 5.88 Å². The monoisotopic (exact) mass is 400 g/mol. The van der Waals surface area contributed by atoms with E-state index in [1.807, 2.05) is 13.0 Å². The number of ether oxygens (including phenoxy) is 1. The zero-order valence-corrected chi connectivity index (χ0v) is 16.7. The quantitative estimate of drug-likeness (QED) is 0.470. The fourth-order valence-electron chi connectivity index (χ4n) is 2.36. The molecule has 7 nitrogen and oxygen atoms in total. The molecule has 2 aromatic rings. The van der Waals surface area contributed by atoms with Crippen LogP contribution in [-0.2, 0) is 0 Å². The lowest BCUT2D eigenvalue weighted by atomic mass is 10.1. The van der Waals surface area contributed by atoms with Gasteiger partial charge < -0.3 is 4.74 Å². The maximum Gasteiger partial charge on any atom is 0.265 e. The van der Waals surface area contributed by atoms with Crippen LogP contribution in [0.1, 0.15) is 37.2 Å². The Morgan fingerprint density at radius 1 is 1.14 bits per heavy atom. The van der Waals surface area contributed by atoms with Gasteiger partial charge in [0.2, 0.25) is 5.88 Å². The largest absolute Gasteiger partial charge is 0.472 e. The molecular formula is C20H22F2N6O. The van der Waals surface area contributed by atoms with Gasteiger partial charge in [0.1, 0.15) is 12.3 Å². The second kappa shape index (κ2) is 10.8. The molecule has 29 heavy (non-hydrogen) atoms. The van der Waals surface area contributed by atoms with E-state index >= 15 is 0 Å². The Morgan fingerprint density at radius 3 is 2.41 bits per heavy atom. The van der Waals surface area contributed by atoms with Crippen LogP contribution in [-0.4, -0.2) is 42.1 Å². The molecule has 0 aromatic carbocycles. The minimum atomic E-state index is -2.57. The minimum absolute atomic E-state index is 0.153. The van der Waals surface area contributed by atoms with Gasteiger partial charge in [-0.3, -0.25) is 9.98 Å². The highest BCUT2D eigenvalue weighted by Gasteiger charge is 2.12. The third-order valence-corrected chi connectivity index (χ3v) is 3.84. The molecule has 0 unspecified atom stereocenters. The van der Waals surface area contributed by atoms with Crippen LogP contribution >= 0.6 is 0 Å². The highest BCUT2D eigenvalue weighted by molar-refractivity contribution is 6.08. The van der Waals surface area contributed by atoms with E-state index in [9.17, 15) is 8.78 Å². The van der Waals surface area contributed by atoms with E-state index in [0.717, 1.165) is 11.8 Å². The van der Waals surface area contributed by atoms with Gasteiger partial charge in [0.05, 0.1) is 11.4 Å². The molecule has 0 spiro atoms. The number of alkyl halides is 2. The molecule has 2 rings (SSSR count). The number of pyridine rings is 1. The Kier molecular flexibility index (Phi) is 8.20. The first-order chi connectivity index (χ1) is 14.0. The molecular weight excluding hydrogens is 378 g/mol. The molecule has 0 aliphatic heterocycles. The summed E-state index contributed by atoms with van der Waals surface area (Å²) in [6.07, 6.45) is 2.14. The Balaban J connectivity index is 2.16. The highest BCUT2D eigenvalue weighted by Crippen LogP contribution is 2.23. The van der Waals surface area contributed by atoms with Crippen LogP contribution in [0.3, 0.4) is 0 Å². The zero-order chi connectivity index (χ0) is 21.2. The van der Waals surface area contributed by atoms with Crippen molar-refractivity contribution >= 4 is 17.5 Å². The lowest BCUT2D eigenvalue weighted by Crippen LogP contribution is -2.05. The number of hydrogen-bond acceptors (Lipinski definition) is 7. The first-order valence-corrected chi connectivity index (χ1v) is 8.79. The Hall–Kier alpha value is -3.36. The Labute approximate surface area is 168 Å². The van der Waals surface area contributed by atoms with E-state index in [4.69, 9.17) is 4.74 Å². The summed E-state index contributed by atoms with van der Waals surface area (Å²) in [5.41, 5.74) is 2.98. The molecule has 2 heterocycles. The van der Waals surface area contributed by atoms with Gasteiger partial charge in [-0.05, 0) is 37.6 Å². The maximum absolute atomic E-state index is 12.7. The van der Waals surface area contributed by atoms with Crippen molar-refractivity contribution in [3.8, 4) is 5.88 Å². The summed E-state index contributed by atoms with van der Waals surface area (Å²) >= 11 is 0. The van der Waals surface area contributed by atoms with Crippen molar-refractivity contribution in [2.45, 2.75) is 20.3 Å². The first kappa shape index (κ1) is 21.9. The fourth-order valence-corrected chi connectivity index (χ4v) is 2.36. The summed E-state index contributed by atoms with van der Waals surface area (Å²) < 4.78 is 31.1. The molecule has 0 bridgehead atoms. The third-order valence-electron chi connectivity index (χ3n) is 3.84. The molecule has 0 aliphatic rings. The minimum Gasteiger partial charge on any atom is -0.472 e. The van der Waals surface area contributed by atoms with E-state index in [1.54, 1.807) is 32.3 Å². The van der Waals surface area contributed by atoms with E-state index < -0.39 is 6.43 Å². The van der Waals surface area contributed by atoms with Crippen molar-refractivity contribution in [1.29, 1.82) is 0 Å². The molecule has 0 aliphatic carbocycles. The number of rotatable bonds is 8. The standard InChI is InChI=1S/C20H22F2N6O/c1-5-14(10-23-3)16-8-9-18(27-26-16)29-12-13(2)19(28-24-4)17-7-6-15(11-25-17)20(21)22/h5-11,20H,12H2,1-4H3/b14-5+,19-13+,23-10-,28-24-. The molecule has 0 fully saturated rings. The molecule has 0 saturated carbocycles. The van der Waals surface area contributed by atoms with Crippen LogP contribution in [0.4, 0.5) is 8.78 Å². The molecule has 152 valence electrons. The molecule has 0 atom stereocenters. The van der Waals surface area contributed by atoms with Crippen molar-refractivity contribution in [2.24, 2.45) is 15.2 Å². The average molecular weight is 400 g/mol. The van der Waals surface area contributed by atoms with Gasteiger partial charge in [-0.1, -0.05) is 6.08 Å². The van der Waals surface area contributed by atoms with E-state index in [0.29, 0.717) is 28.5 Å². The normalized spacial score (nSPS) is 13.4. The smallest absolute Gasteiger partial charge is 0.265 e. The zero-order valence-electron chi connectivity index (χ0n) is 16.7. The summed E-state index contributed by atoms with van der Waals surface area (Å²) in [4.78, 5) is 8.04. The fraction of sp³-hybridized carbons (Fsp3) is 0.300. The van der Waals surface area contributed by atoms with Crippen molar-refractivity contribution in [2.75, 3.05) is 20.7 Å².